The van der Waals surface area contributed by atoms with E-state index in [0.717, 1.165) is 29.1 Å². The summed E-state index contributed by atoms with van der Waals surface area (Å²) >= 11 is 8.55. The van der Waals surface area contributed by atoms with Crippen LogP contribution in [0.5, 0.6) is 0 Å². The minimum absolute atomic E-state index is 0.447. The fraction of sp³-hybridized carbons (Fsp3) is 0.214. The molecule has 3 N–H and O–H groups in total. The van der Waals surface area contributed by atoms with E-state index in [9.17, 15) is 0 Å². The normalized spacial score (nSPS) is 10.4. The van der Waals surface area contributed by atoms with Crippen molar-refractivity contribution in [1.82, 2.24) is 0 Å². The predicted octanol–water partition coefficient (Wildman–Crippen LogP) is 3.76. The number of anilines is 1. The van der Waals surface area contributed by atoms with Gasteiger partial charge in [0.05, 0.1) is 0 Å². The molecule has 0 saturated carbocycles. The monoisotopic (exact) mass is 308 g/mol. The molecular formula is C14H16N2S3. The van der Waals surface area contributed by atoms with Gasteiger partial charge >= 0.3 is 0 Å². The van der Waals surface area contributed by atoms with Crippen LogP contribution in [0.3, 0.4) is 0 Å². The maximum Gasteiger partial charge on any atom is 0.107 e. The second-order valence-electron chi connectivity index (χ2n) is 4.06. The van der Waals surface area contributed by atoms with E-state index in [2.05, 4.69) is 22.1 Å². The minimum atomic E-state index is 0.447. The molecule has 19 heavy (non-hydrogen) atoms. The van der Waals surface area contributed by atoms with Gasteiger partial charge in [0.15, 0.2) is 0 Å². The van der Waals surface area contributed by atoms with Gasteiger partial charge < -0.3 is 11.1 Å². The summed E-state index contributed by atoms with van der Waals surface area (Å²) in [6.07, 6.45) is 3.04. The van der Waals surface area contributed by atoms with E-state index in [-0.39, 0.29) is 0 Å². The fourth-order valence-corrected chi connectivity index (χ4v) is 3.51. The van der Waals surface area contributed by atoms with Crippen LogP contribution in [-0.4, -0.2) is 17.8 Å². The van der Waals surface area contributed by atoms with Crippen LogP contribution in [0.15, 0.2) is 39.9 Å². The van der Waals surface area contributed by atoms with Gasteiger partial charge in [-0.2, -0.15) is 11.3 Å². The first-order valence-electron chi connectivity index (χ1n) is 5.94. The summed E-state index contributed by atoms with van der Waals surface area (Å²) in [6.45, 7) is 0.879. The van der Waals surface area contributed by atoms with Gasteiger partial charge in [-0.05, 0) is 47.2 Å². The Morgan fingerprint density at radius 3 is 2.89 bits per heavy atom. The van der Waals surface area contributed by atoms with E-state index >= 15 is 0 Å². The lowest BCUT2D eigenvalue weighted by Crippen LogP contribution is -2.15. The van der Waals surface area contributed by atoms with Gasteiger partial charge in [-0.1, -0.05) is 18.3 Å². The maximum atomic E-state index is 5.84. The Morgan fingerprint density at radius 2 is 2.26 bits per heavy atom. The van der Waals surface area contributed by atoms with Crippen molar-refractivity contribution < 1.29 is 0 Å². The molecule has 0 saturated heterocycles. The molecule has 100 valence electrons. The quantitative estimate of drug-likeness (QED) is 0.629. The molecule has 0 aliphatic rings. The van der Waals surface area contributed by atoms with Crippen LogP contribution in [-0.2, 0) is 6.42 Å². The highest BCUT2D eigenvalue weighted by molar-refractivity contribution is 7.98. The summed E-state index contributed by atoms with van der Waals surface area (Å²) in [7, 11) is 0. The van der Waals surface area contributed by atoms with Crippen LogP contribution in [0, 0.1) is 0 Å². The number of hydrogen-bond donors (Lipinski definition) is 2. The van der Waals surface area contributed by atoms with Crippen molar-refractivity contribution in [1.29, 1.82) is 0 Å². The van der Waals surface area contributed by atoms with Crippen molar-refractivity contribution in [2.24, 2.45) is 5.73 Å². The first-order chi connectivity index (χ1) is 9.22. The molecule has 5 heteroatoms. The number of thiophene rings is 1. The van der Waals surface area contributed by atoms with Crippen LogP contribution in [0.2, 0.25) is 0 Å². The highest BCUT2D eigenvalue weighted by Gasteiger charge is 2.10. The molecule has 2 rings (SSSR count). The molecule has 0 amide bonds. The Kier molecular flexibility index (Phi) is 5.24. The molecule has 0 aliphatic carbocycles. The van der Waals surface area contributed by atoms with Crippen LogP contribution in [0.1, 0.15) is 11.1 Å². The van der Waals surface area contributed by atoms with E-state index in [4.69, 9.17) is 18.0 Å². The molecule has 0 bridgehead atoms. The third-order valence-corrected chi connectivity index (χ3v) is 4.52. The topological polar surface area (TPSA) is 38.0 Å². The fourth-order valence-electron chi connectivity index (χ4n) is 1.88. The smallest absolute Gasteiger partial charge is 0.107 e. The van der Waals surface area contributed by atoms with E-state index in [1.165, 1.54) is 5.56 Å². The van der Waals surface area contributed by atoms with Crippen LogP contribution >= 0.6 is 35.3 Å². The number of nitrogens with two attached hydrogens (primary N) is 1. The van der Waals surface area contributed by atoms with Crippen molar-refractivity contribution in [3.63, 3.8) is 0 Å². The SMILES string of the molecule is CSc1cccc(NCCc2ccsc2)c1C(N)=S. The van der Waals surface area contributed by atoms with Gasteiger partial charge in [0.2, 0.25) is 0 Å². The highest BCUT2D eigenvalue weighted by Crippen LogP contribution is 2.27. The zero-order valence-electron chi connectivity index (χ0n) is 10.7. The van der Waals surface area contributed by atoms with Crippen molar-refractivity contribution in [2.45, 2.75) is 11.3 Å². The lowest BCUT2D eigenvalue weighted by Gasteiger charge is -2.14. The summed E-state index contributed by atoms with van der Waals surface area (Å²) in [5, 5.41) is 7.71. The summed E-state index contributed by atoms with van der Waals surface area (Å²) < 4.78 is 0. The lowest BCUT2D eigenvalue weighted by atomic mass is 10.1. The number of nitrogens with one attached hydrogen (secondary N) is 1. The van der Waals surface area contributed by atoms with Gasteiger partial charge in [-0.15, -0.1) is 11.8 Å². The minimum Gasteiger partial charge on any atom is -0.389 e. The Morgan fingerprint density at radius 1 is 1.42 bits per heavy atom. The third kappa shape index (κ3) is 3.72. The van der Waals surface area contributed by atoms with Gasteiger partial charge in [-0.25, -0.2) is 0 Å². The molecule has 1 aromatic carbocycles. The molecule has 0 fully saturated rings. The molecule has 0 atom stereocenters. The van der Waals surface area contributed by atoms with Crippen LogP contribution < -0.4 is 11.1 Å². The van der Waals surface area contributed by atoms with Crippen molar-refractivity contribution in [3.8, 4) is 0 Å². The Bertz CT molecular complexity index is 550. The van der Waals surface area contributed by atoms with E-state index in [1.807, 2.05) is 24.5 Å². The third-order valence-electron chi connectivity index (χ3n) is 2.80. The van der Waals surface area contributed by atoms with E-state index in [0.29, 0.717) is 4.99 Å². The zero-order valence-corrected chi connectivity index (χ0v) is 13.1. The Balaban J connectivity index is 2.09. The van der Waals surface area contributed by atoms with Crippen molar-refractivity contribution >= 4 is 46.0 Å². The second-order valence-corrected chi connectivity index (χ2v) is 6.12. The molecule has 2 aromatic rings. The largest absolute Gasteiger partial charge is 0.389 e. The molecule has 0 aliphatic heterocycles. The predicted molar refractivity (Wildman–Crippen MR) is 90.6 cm³/mol. The number of thioether (sulfide) groups is 1. The summed E-state index contributed by atoms with van der Waals surface area (Å²) in [5.41, 5.74) is 9.17. The first kappa shape index (κ1) is 14.4. The highest BCUT2D eigenvalue weighted by atomic mass is 32.2. The van der Waals surface area contributed by atoms with E-state index < -0.39 is 0 Å². The van der Waals surface area contributed by atoms with Crippen LogP contribution in [0.4, 0.5) is 5.69 Å². The van der Waals surface area contributed by atoms with Gasteiger partial charge in [-0.3, -0.25) is 0 Å². The molecule has 0 radical (unpaired) electrons. The van der Waals surface area contributed by atoms with Crippen molar-refractivity contribution in [3.05, 3.63) is 46.2 Å². The number of hydrogen-bond acceptors (Lipinski definition) is 4. The van der Waals surface area contributed by atoms with Crippen LogP contribution in [0.25, 0.3) is 0 Å². The van der Waals surface area contributed by atoms with Crippen molar-refractivity contribution in [2.75, 3.05) is 18.1 Å². The van der Waals surface area contributed by atoms with Gasteiger partial charge in [0.1, 0.15) is 4.99 Å². The van der Waals surface area contributed by atoms with E-state index in [1.54, 1.807) is 23.1 Å². The molecule has 2 nitrogen and oxygen atoms in total. The molecular weight excluding hydrogens is 292 g/mol. The average Bonchev–Trinajstić information content (AvgIpc) is 2.91. The molecule has 1 heterocycles. The Hall–Kier alpha value is -1.04. The Labute approximate surface area is 127 Å². The zero-order chi connectivity index (χ0) is 13.7. The number of thiocarbonyl (C=S) groups is 1. The average molecular weight is 308 g/mol. The summed E-state index contributed by atoms with van der Waals surface area (Å²) in [4.78, 5) is 1.57. The number of benzene rings is 1. The summed E-state index contributed by atoms with van der Waals surface area (Å²) in [6, 6.07) is 8.25. The van der Waals surface area contributed by atoms with Gasteiger partial charge in [0.25, 0.3) is 0 Å². The standard InChI is InChI=1S/C14H16N2S3/c1-18-12-4-2-3-11(13(12)14(15)17)16-7-5-10-6-8-19-9-10/h2-4,6,8-9,16H,5,7H2,1H3,(H2,15,17). The molecule has 0 unspecified atom stereocenters. The second kappa shape index (κ2) is 6.93. The lowest BCUT2D eigenvalue weighted by molar-refractivity contribution is 1.02. The number of rotatable bonds is 6. The molecule has 0 spiro atoms. The maximum absolute atomic E-state index is 5.84. The molecule has 1 aromatic heterocycles. The van der Waals surface area contributed by atoms with Gasteiger partial charge in [0, 0.05) is 22.7 Å². The summed E-state index contributed by atoms with van der Waals surface area (Å²) in [5.74, 6) is 0. The first-order valence-corrected chi connectivity index (χ1v) is 8.51.